The fourth-order valence-corrected chi connectivity index (χ4v) is 5.23. The van der Waals surface area contributed by atoms with Crippen molar-refractivity contribution in [3.63, 3.8) is 0 Å². The highest BCUT2D eigenvalue weighted by Crippen LogP contribution is 2.30. The summed E-state index contributed by atoms with van der Waals surface area (Å²) < 4.78 is 15.9. The van der Waals surface area contributed by atoms with Gasteiger partial charge in [-0.25, -0.2) is 9.37 Å². The summed E-state index contributed by atoms with van der Waals surface area (Å²) in [7, 11) is 0. The molecule has 4 aromatic rings. The van der Waals surface area contributed by atoms with Crippen molar-refractivity contribution in [2.75, 3.05) is 26.2 Å². The smallest absolute Gasteiger partial charge is 0.123 e. The van der Waals surface area contributed by atoms with Gasteiger partial charge < -0.3 is 4.57 Å². The standard InChI is InChI=1S/C29H33FN4/c1-3-15-34-22(2)31-27-20-23(9-14-28(27)34)21-32-16-18-33(19-17-32)29(24-7-5-4-6-8-24)25-10-12-26(30)13-11-25/h4-14,20,29H,3,15-19,21H2,1-2H3. The highest BCUT2D eigenvalue weighted by atomic mass is 19.1. The molecule has 1 aliphatic heterocycles. The first kappa shape index (κ1) is 22.8. The molecule has 1 fully saturated rings. The number of halogens is 1. The fourth-order valence-electron chi connectivity index (χ4n) is 5.23. The van der Waals surface area contributed by atoms with E-state index in [2.05, 4.69) is 70.7 Å². The molecule has 0 spiro atoms. The van der Waals surface area contributed by atoms with Gasteiger partial charge in [-0.15, -0.1) is 0 Å². The maximum absolute atomic E-state index is 13.6. The predicted octanol–water partition coefficient (Wildman–Crippen LogP) is 5.80. The lowest BCUT2D eigenvalue weighted by atomic mass is 9.96. The molecule has 176 valence electrons. The van der Waals surface area contributed by atoms with Gasteiger partial charge in [0.15, 0.2) is 0 Å². The Morgan fingerprint density at radius 2 is 1.59 bits per heavy atom. The minimum Gasteiger partial charge on any atom is -0.328 e. The normalized spacial score (nSPS) is 16.2. The first-order valence-electron chi connectivity index (χ1n) is 12.3. The molecule has 0 radical (unpaired) electrons. The molecule has 1 saturated heterocycles. The van der Waals surface area contributed by atoms with E-state index < -0.39 is 0 Å². The number of benzene rings is 3. The molecular formula is C29H33FN4. The Morgan fingerprint density at radius 3 is 2.29 bits per heavy atom. The molecule has 3 aromatic carbocycles. The second-order valence-corrected chi connectivity index (χ2v) is 9.31. The van der Waals surface area contributed by atoms with Crippen molar-refractivity contribution >= 4 is 11.0 Å². The highest BCUT2D eigenvalue weighted by molar-refractivity contribution is 5.76. The van der Waals surface area contributed by atoms with Crippen LogP contribution in [0.5, 0.6) is 0 Å². The first-order chi connectivity index (χ1) is 16.6. The van der Waals surface area contributed by atoms with E-state index in [0.29, 0.717) is 0 Å². The minimum atomic E-state index is -0.188. The molecule has 0 amide bonds. The highest BCUT2D eigenvalue weighted by Gasteiger charge is 2.26. The summed E-state index contributed by atoms with van der Waals surface area (Å²) >= 11 is 0. The number of aromatic nitrogens is 2. The van der Waals surface area contributed by atoms with Crippen LogP contribution in [0.2, 0.25) is 0 Å². The first-order valence-corrected chi connectivity index (χ1v) is 12.3. The van der Waals surface area contributed by atoms with E-state index in [1.54, 1.807) is 12.1 Å². The van der Waals surface area contributed by atoms with E-state index in [0.717, 1.165) is 62.6 Å². The molecule has 0 N–H and O–H groups in total. The Hall–Kier alpha value is -3.02. The lowest BCUT2D eigenvalue weighted by molar-refractivity contribution is 0.105. The summed E-state index contributed by atoms with van der Waals surface area (Å²) in [6.45, 7) is 10.2. The van der Waals surface area contributed by atoms with Gasteiger partial charge in [0.25, 0.3) is 0 Å². The largest absolute Gasteiger partial charge is 0.328 e. The van der Waals surface area contributed by atoms with Crippen LogP contribution < -0.4 is 0 Å². The van der Waals surface area contributed by atoms with Gasteiger partial charge >= 0.3 is 0 Å². The Kier molecular flexibility index (Phi) is 6.75. The van der Waals surface area contributed by atoms with Gasteiger partial charge in [-0.3, -0.25) is 9.80 Å². The van der Waals surface area contributed by atoms with Crippen molar-refractivity contribution in [2.24, 2.45) is 0 Å². The molecule has 1 aromatic heterocycles. The third-order valence-electron chi connectivity index (χ3n) is 6.93. The molecule has 2 heterocycles. The van der Waals surface area contributed by atoms with Gasteiger partial charge in [-0.1, -0.05) is 55.5 Å². The van der Waals surface area contributed by atoms with E-state index in [9.17, 15) is 4.39 Å². The summed E-state index contributed by atoms with van der Waals surface area (Å²) in [4.78, 5) is 9.86. The van der Waals surface area contributed by atoms with Gasteiger partial charge in [0, 0.05) is 39.3 Å². The van der Waals surface area contributed by atoms with Gasteiger partial charge in [0.05, 0.1) is 17.1 Å². The molecule has 5 rings (SSSR count). The maximum Gasteiger partial charge on any atom is 0.123 e. The van der Waals surface area contributed by atoms with Crippen molar-refractivity contribution in [2.45, 2.75) is 39.4 Å². The van der Waals surface area contributed by atoms with E-state index in [1.165, 1.54) is 16.6 Å². The third kappa shape index (κ3) is 4.77. The fraction of sp³-hybridized carbons (Fsp3) is 0.345. The van der Waals surface area contributed by atoms with Crippen LogP contribution in [0.15, 0.2) is 72.8 Å². The van der Waals surface area contributed by atoms with Crippen LogP contribution in [0, 0.1) is 12.7 Å². The van der Waals surface area contributed by atoms with E-state index in [1.807, 2.05) is 18.2 Å². The average Bonchev–Trinajstić information content (AvgIpc) is 3.17. The zero-order valence-electron chi connectivity index (χ0n) is 20.1. The van der Waals surface area contributed by atoms with Crippen LogP contribution in [0.1, 0.15) is 41.9 Å². The number of imidazole rings is 1. The quantitative estimate of drug-likeness (QED) is 0.351. The van der Waals surface area contributed by atoms with Crippen molar-refractivity contribution in [3.8, 4) is 0 Å². The number of hydrogen-bond acceptors (Lipinski definition) is 3. The van der Waals surface area contributed by atoms with Gasteiger partial charge in [-0.05, 0) is 54.3 Å². The number of piperazine rings is 1. The Labute approximate surface area is 201 Å². The topological polar surface area (TPSA) is 24.3 Å². The average molecular weight is 457 g/mol. The summed E-state index contributed by atoms with van der Waals surface area (Å²) in [6, 6.07) is 24.5. The maximum atomic E-state index is 13.6. The monoisotopic (exact) mass is 456 g/mol. The molecule has 4 nitrogen and oxygen atoms in total. The van der Waals surface area contributed by atoms with E-state index in [-0.39, 0.29) is 11.9 Å². The van der Waals surface area contributed by atoms with Crippen molar-refractivity contribution in [1.29, 1.82) is 0 Å². The number of rotatable bonds is 7. The molecule has 1 atom stereocenters. The van der Waals surface area contributed by atoms with Crippen LogP contribution in [0.3, 0.4) is 0 Å². The molecule has 0 saturated carbocycles. The second-order valence-electron chi connectivity index (χ2n) is 9.31. The Bertz CT molecular complexity index is 1220. The summed E-state index contributed by atoms with van der Waals surface area (Å²) in [5.41, 5.74) is 6.05. The van der Waals surface area contributed by atoms with Crippen LogP contribution >= 0.6 is 0 Å². The Morgan fingerprint density at radius 1 is 0.882 bits per heavy atom. The van der Waals surface area contributed by atoms with E-state index >= 15 is 0 Å². The molecule has 0 aliphatic carbocycles. The van der Waals surface area contributed by atoms with Crippen molar-refractivity contribution in [3.05, 3.63) is 101 Å². The molecule has 0 bridgehead atoms. The third-order valence-corrected chi connectivity index (χ3v) is 6.93. The van der Waals surface area contributed by atoms with Crippen LogP contribution in [-0.2, 0) is 13.1 Å². The molecule has 1 unspecified atom stereocenters. The molecule has 1 aliphatic rings. The van der Waals surface area contributed by atoms with Crippen molar-refractivity contribution < 1.29 is 4.39 Å². The number of nitrogens with zero attached hydrogens (tertiary/aromatic N) is 4. The number of aryl methyl sites for hydroxylation is 2. The zero-order valence-corrected chi connectivity index (χ0v) is 20.1. The minimum absolute atomic E-state index is 0.144. The lowest BCUT2D eigenvalue weighted by Crippen LogP contribution is -2.47. The lowest BCUT2D eigenvalue weighted by Gasteiger charge is -2.39. The van der Waals surface area contributed by atoms with Crippen molar-refractivity contribution in [1.82, 2.24) is 19.4 Å². The molecule has 34 heavy (non-hydrogen) atoms. The molecular weight excluding hydrogens is 423 g/mol. The van der Waals surface area contributed by atoms with Crippen LogP contribution in [0.25, 0.3) is 11.0 Å². The summed E-state index contributed by atoms with van der Waals surface area (Å²) in [6.07, 6.45) is 1.11. The SMILES string of the molecule is CCCn1c(C)nc2cc(CN3CCN(C(c4ccccc4)c4ccc(F)cc4)CC3)ccc21. The van der Waals surface area contributed by atoms with Gasteiger partial charge in [-0.2, -0.15) is 0 Å². The number of fused-ring (bicyclic) bond motifs is 1. The zero-order chi connectivity index (χ0) is 23.5. The van der Waals surface area contributed by atoms with E-state index in [4.69, 9.17) is 4.98 Å². The van der Waals surface area contributed by atoms with Gasteiger partial charge in [0.2, 0.25) is 0 Å². The summed E-state index contributed by atoms with van der Waals surface area (Å²) in [5.74, 6) is 0.905. The number of hydrogen-bond donors (Lipinski definition) is 0. The predicted molar refractivity (Wildman–Crippen MR) is 136 cm³/mol. The Balaban J connectivity index is 1.29. The molecule has 5 heteroatoms. The second kappa shape index (κ2) is 10.1. The van der Waals surface area contributed by atoms with Gasteiger partial charge in [0.1, 0.15) is 11.6 Å². The summed E-state index contributed by atoms with van der Waals surface area (Å²) in [5, 5.41) is 0. The van der Waals surface area contributed by atoms with Crippen LogP contribution in [-0.4, -0.2) is 45.5 Å². The van der Waals surface area contributed by atoms with Crippen LogP contribution in [0.4, 0.5) is 4.39 Å².